The van der Waals surface area contributed by atoms with E-state index in [1.807, 2.05) is 19.0 Å². The second-order valence-corrected chi connectivity index (χ2v) is 4.78. The van der Waals surface area contributed by atoms with E-state index in [0.717, 1.165) is 19.5 Å². The van der Waals surface area contributed by atoms with Crippen molar-refractivity contribution >= 4 is 23.8 Å². The predicted octanol–water partition coefficient (Wildman–Crippen LogP) is -0.812. The van der Waals surface area contributed by atoms with Crippen LogP contribution in [0.3, 0.4) is 0 Å². The number of aromatic nitrogens is 3. The predicted molar refractivity (Wildman–Crippen MR) is 73.0 cm³/mol. The number of likely N-dealkylation sites (N-methyl/N-ethyl adjacent to an activating group) is 1. The lowest BCUT2D eigenvalue weighted by atomic mass is 10.4. The normalized spacial score (nSPS) is 16.5. The molecule has 2 N–H and O–H groups in total. The molecule has 0 spiro atoms. The molecule has 0 atom stereocenters. The average molecular weight is 265 g/mol. The maximum atomic E-state index is 11.9. The van der Waals surface area contributed by atoms with Crippen molar-refractivity contribution in [2.75, 3.05) is 56.3 Å². The van der Waals surface area contributed by atoms with Gasteiger partial charge in [0.05, 0.1) is 6.54 Å². The molecule has 1 aliphatic rings. The molecule has 8 heteroatoms. The molecule has 8 nitrogen and oxygen atoms in total. The van der Waals surface area contributed by atoms with Crippen LogP contribution < -0.4 is 15.5 Å². The molecular formula is C11H19N7O. The summed E-state index contributed by atoms with van der Waals surface area (Å²) >= 11 is 0. The van der Waals surface area contributed by atoms with Gasteiger partial charge < -0.3 is 20.4 Å². The van der Waals surface area contributed by atoms with E-state index in [1.165, 1.54) is 0 Å². The van der Waals surface area contributed by atoms with Crippen molar-refractivity contribution in [2.45, 2.75) is 6.42 Å². The smallest absolute Gasteiger partial charge is 0.241 e. The quantitative estimate of drug-likeness (QED) is 0.747. The second kappa shape index (κ2) is 5.25. The lowest BCUT2D eigenvalue weighted by Gasteiger charge is -2.21. The maximum Gasteiger partial charge on any atom is 0.241 e. The fourth-order valence-electron chi connectivity index (χ4n) is 1.87. The highest BCUT2D eigenvalue weighted by Gasteiger charge is 2.22. The minimum atomic E-state index is 0.0582. The molecule has 0 radical (unpaired) electrons. The van der Waals surface area contributed by atoms with Gasteiger partial charge in [-0.3, -0.25) is 4.79 Å². The van der Waals surface area contributed by atoms with E-state index in [2.05, 4.69) is 15.0 Å². The summed E-state index contributed by atoms with van der Waals surface area (Å²) in [5.41, 5.74) is 5.69. The fourth-order valence-corrected chi connectivity index (χ4v) is 1.87. The molecule has 104 valence electrons. The highest BCUT2D eigenvalue weighted by molar-refractivity contribution is 5.81. The number of anilines is 3. The van der Waals surface area contributed by atoms with Crippen LogP contribution in [-0.4, -0.2) is 66.5 Å². The number of nitrogens with zero attached hydrogens (tertiary/aromatic N) is 6. The molecule has 0 saturated carbocycles. The SMILES string of the molecule is CN1CCCN(c2nc(N)nc(N(C)C)n2)CC1=O. The highest BCUT2D eigenvalue weighted by atomic mass is 16.2. The minimum absolute atomic E-state index is 0.0582. The molecule has 0 bridgehead atoms. The Hall–Kier alpha value is -2.12. The summed E-state index contributed by atoms with van der Waals surface area (Å²) in [5, 5.41) is 0. The number of hydrogen-bond donors (Lipinski definition) is 1. The Balaban J connectivity index is 2.27. The summed E-state index contributed by atoms with van der Waals surface area (Å²) in [6, 6.07) is 0. The molecule has 1 aliphatic heterocycles. The number of hydrogen-bond acceptors (Lipinski definition) is 7. The zero-order valence-electron chi connectivity index (χ0n) is 11.5. The van der Waals surface area contributed by atoms with Crippen LogP contribution in [0.5, 0.6) is 0 Å². The molecule has 1 aromatic rings. The monoisotopic (exact) mass is 265 g/mol. The van der Waals surface area contributed by atoms with Gasteiger partial charge in [0.15, 0.2) is 0 Å². The standard InChI is InChI=1S/C11H19N7O/c1-16(2)10-13-9(12)14-11(15-10)18-6-4-5-17(3)8(19)7-18/h4-7H2,1-3H3,(H2,12,13,14,15). The molecule has 2 rings (SSSR count). The van der Waals surface area contributed by atoms with Gasteiger partial charge in [0.2, 0.25) is 23.8 Å². The van der Waals surface area contributed by atoms with E-state index in [1.54, 1.807) is 16.8 Å². The first-order chi connectivity index (χ1) is 8.97. The summed E-state index contributed by atoms with van der Waals surface area (Å²) in [6.45, 7) is 1.75. The van der Waals surface area contributed by atoms with Crippen LogP contribution in [0.2, 0.25) is 0 Å². The van der Waals surface area contributed by atoms with Crippen molar-refractivity contribution in [3.8, 4) is 0 Å². The number of carbonyl (C=O) groups excluding carboxylic acids is 1. The van der Waals surface area contributed by atoms with Crippen LogP contribution in [0.1, 0.15) is 6.42 Å². The summed E-state index contributed by atoms with van der Waals surface area (Å²) in [6.07, 6.45) is 0.880. The fraction of sp³-hybridized carbons (Fsp3) is 0.636. The van der Waals surface area contributed by atoms with Crippen molar-refractivity contribution in [1.29, 1.82) is 0 Å². The largest absolute Gasteiger partial charge is 0.368 e. The molecule has 1 amide bonds. The highest BCUT2D eigenvalue weighted by Crippen LogP contribution is 2.15. The molecule has 1 fully saturated rings. The lowest BCUT2D eigenvalue weighted by Crippen LogP contribution is -2.35. The Bertz CT molecular complexity index is 476. The summed E-state index contributed by atoms with van der Waals surface area (Å²) in [7, 11) is 5.47. The molecule has 0 unspecified atom stereocenters. The van der Waals surface area contributed by atoms with Crippen molar-refractivity contribution < 1.29 is 4.79 Å². The number of nitrogen functional groups attached to an aromatic ring is 1. The number of rotatable bonds is 2. The van der Waals surface area contributed by atoms with Gasteiger partial charge in [0, 0.05) is 34.2 Å². The van der Waals surface area contributed by atoms with Crippen molar-refractivity contribution in [3.63, 3.8) is 0 Å². The first-order valence-electron chi connectivity index (χ1n) is 6.15. The lowest BCUT2D eigenvalue weighted by molar-refractivity contribution is -0.127. The first-order valence-corrected chi connectivity index (χ1v) is 6.15. The summed E-state index contributed by atoms with van der Waals surface area (Å²) in [5.74, 6) is 1.18. The van der Waals surface area contributed by atoms with Crippen LogP contribution in [0.4, 0.5) is 17.8 Å². The first kappa shape index (κ1) is 13.3. The van der Waals surface area contributed by atoms with E-state index in [4.69, 9.17) is 5.73 Å². The third-order valence-corrected chi connectivity index (χ3v) is 2.99. The number of carbonyl (C=O) groups is 1. The maximum absolute atomic E-state index is 11.9. The second-order valence-electron chi connectivity index (χ2n) is 4.78. The van der Waals surface area contributed by atoms with Crippen molar-refractivity contribution in [3.05, 3.63) is 0 Å². The van der Waals surface area contributed by atoms with Gasteiger partial charge in [-0.2, -0.15) is 15.0 Å². The molecule has 0 aliphatic carbocycles. The number of nitrogens with two attached hydrogens (primary N) is 1. The molecule has 2 heterocycles. The Morgan fingerprint density at radius 1 is 1.21 bits per heavy atom. The zero-order valence-corrected chi connectivity index (χ0v) is 11.5. The van der Waals surface area contributed by atoms with Crippen LogP contribution in [-0.2, 0) is 4.79 Å². The van der Waals surface area contributed by atoms with Gasteiger partial charge in [-0.05, 0) is 6.42 Å². The Morgan fingerprint density at radius 3 is 2.63 bits per heavy atom. The van der Waals surface area contributed by atoms with E-state index < -0.39 is 0 Å². The van der Waals surface area contributed by atoms with E-state index in [0.29, 0.717) is 11.9 Å². The third kappa shape index (κ3) is 3.01. The van der Waals surface area contributed by atoms with Crippen LogP contribution in [0.25, 0.3) is 0 Å². The van der Waals surface area contributed by atoms with Gasteiger partial charge in [-0.15, -0.1) is 0 Å². The molecular weight excluding hydrogens is 246 g/mol. The Kier molecular flexibility index (Phi) is 3.68. The Morgan fingerprint density at radius 2 is 1.95 bits per heavy atom. The summed E-state index contributed by atoms with van der Waals surface area (Å²) in [4.78, 5) is 29.7. The van der Waals surface area contributed by atoms with Gasteiger partial charge in [0.1, 0.15) is 0 Å². The van der Waals surface area contributed by atoms with Crippen molar-refractivity contribution in [2.24, 2.45) is 0 Å². The third-order valence-electron chi connectivity index (χ3n) is 2.99. The average Bonchev–Trinajstić information content (AvgIpc) is 2.51. The zero-order chi connectivity index (χ0) is 14.0. The molecule has 19 heavy (non-hydrogen) atoms. The molecule has 1 aromatic heterocycles. The molecule has 0 aromatic carbocycles. The molecule has 1 saturated heterocycles. The van der Waals surface area contributed by atoms with Gasteiger partial charge in [-0.1, -0.05) is 0 Å². The van der Waals surface area contributed by atoms with Crippen LogP contribution >= 0.6 is 0 Å². The Labute approximate surface area is 112 Å². The summed E-state index contributed by atoms with van der Waals surface area (Å²) < 4.78 is 0. The topological polar surface area (TPSA) is 91.5 Å². The van der Waals surface area contributed by atoms with Crippen molar-refractivity contribution in [1.82, 2.24) is 19.9 Å². The van der Waals surface area contributed by atoms with E-state index >= 15 is 0 Å². The van der Waals surface area contributed by atoms with E-state index in [-0.39, 0.29) is 18.4 Å². The van der Waals surface area contributed by atoms with Crippen LogP contribution in [0.15, 0.2) is 0 Å². The van der Waals surface area contributed by atoms with Gasteiger partial charge in [0.25, 0.3) is 0 Å². The minimum Gasteiger partial charge on any atom is -0.368 e. The van der Waals surface area contributed by atoms with Gasteiger partial charge >= 0.3 is 0 Å². The van der Waals surface area contributed by atoms with Gasteiger partial charge in [-0.25, -0.2) is 0 Å². The van der Waals surface area contributed by atoms with E-state index in [9.17, 15) is 4.79 Å². The van der Waals surface area contributed by atoms with Crippen LogP contribution in [0, 0.1) is 0 Å². The number of amides is 1.